The molecule has 2 aromatic carbocycles. The summed E-state index contributed by atoms with van der Waals surface area (Å²) >= 11 is 0. The van der Waals surface area contributed by atoms with Gasteiger partial charge in [0, 0.05) is 23.3 Å². The van der Waals surface area contributed by atoms with Gasteiger partial charge < -0.3 is 0 Å². The number of hydrogen-bond acceptors (Lipinski definition) is 4. The summed E-state index contributed by atoms with van der Waals surface area (Å²) in [6.07, 6.45) is 3.13. The van der Waals surface area contributed by atoms with E-state index in [1.165, 1.54) is 3.97 Å². The molecule has 5 nitrogen and oxygen atoms in total. The predicted octanol–water partition coefficient (Wildman–Crippen LogP) is 3.81. The van der Waals surface area contributed by atoms with Gasteiger partial charge in [0.05, 0.1) is 16.5 Å². The van der Waals surface area contributed by atoms with Crippen LogP contribution in [0.2, 0.25) is 0 Å². The summed E-state index contributed by atoms with van der Waals surface area (Å²) in [5, 5.41) is 9.85. The van der Waals surface area contributed by atoms with Crippen molar-refractivity contribution in [1.82, 2.24) is 8.96 Å². The second-order valence-electron chi connectivity index (χ2n) is 5.72. The third kappa shape index (κ3) is 2.55. The molecule has 126 valence electrons. The van der Waals surface area contributed by atoms with E-state index in [9.17, 15) is 8.42 Å². The van der Waals surface area contributed by atoms with Crippen molar-refractivity contribution in [3.63, 3.8) is 0 Å². The Labute approximate surface area is 150 Å². The van der Waals surface area contributed by atoms with Crippen molar-refractivity contribution >= 4 is 21.1 Å². The molecule has 4 aromatic rings. The number of fused-ring (bicyclic) bond motifs is 1. The highest BCUT2D eigenvalue weighted by molar-refractivity contribution is 7.90. The maximum absolute atomic E-state index is 13.1. The number of aromatic nitrogens is 2. The van der Waals surface area contributed by atoms with Gasteiger partial charge in [0.1, 0.15) is 0 Å². The summed E-state index contributed by atoms with van der Waals surface area (Å²) in [5.74, 6) is 0. The molecule has 0 N–H and O–H groups in total. The summed E-state index contributed by atoms with van der Waals surface area (Å²) in [7, 11) is -3.78. The van der Waals surface area contributed by atoms with Gasteiger partial charge in [-0.25, -0.2) is 17.4 Å². The molecule has 0 bridgehead atoms. The van der Waals surface area contributed by atoms with E-state index in [4.69, 9.17) is 5.26 Å². The SMILES string of the molecule is N#Cc1cccc(-c2cn(S(=O)(=O)c3ccccc3)c3ncccc23)c1. The number of pyridine rings is 1. The van der Waals surface area contributed by atoms with E-state index in [2.05, 4.69) is 11.1 Å². The third-order valence-electron chi connectivity index (χ3n) is 4.13. The number of hydrogen-bond donors (Lipinski definition) is 0. The van der Waals surface area contributed by atoms with Crippen LogP contribution >= 0.6 is 0 Å². The molecule has 2 aromatic heterocycles. The van der Waals surface area contributed by atoms with Crippen LogP contribution in [0.15, 0.2) is 84.0 Å². The maximum atomic E-state index is 13.1. The Hall–Kier alpha value is -3.43. The molecular weight excluding hydrogens is 346 g/mol. The van der Waals surface area contributed by atoms with Crippen molar-refractivity contribution < 1.29 is 8.42 Å². The van der Waals surface area contributed by atoms with E-state index in [0.29, 0.717) is 22.2 Å². The van der Waals surface area contributed by atoms with Gasteiger partial charge >= 0.3 is 0 Å². The molecule has 0 saturated carbocycles. The first-order valence-electron chi connectivity index (χ1n) is 7.88. The van der Waals surface area contributed by atoms with Gasteiger partial charge in [0.2, 0.25) is 0 Å². The molecule has 0 amide bonds. The summed E-state index contributed by atoms with van der Waals surface area (Å²) < 4.78 is 27.4. The minimum atomic E-state index is -3.78. The van der Waals surface area contributed by atoms with E-state index in [0.717, 1.165) is 5.56 Å². The highest BCUT2D eigenvalue weighted by Gasteiger charge is 2.22. The van der Waals surface area contributed by atoms with E-state index >= 15 is 0 Å². The molecule has 4 rings (SSSR count). The lowest BCUT2D eigenvalue weighted by molar-refractivity contribution is 0.589. The summed E-state index contributed by atoms with van der Waals surface area (Å²) in [6.45, 7) is 0. The largest absolute Gasteiger partial charge is 0.269 e. The Morgan fingerprint density at radius 3 is 2.54 bits per heavy atom. The minimum Gasteiger partial charge on any atom is -0.237 e. The number of benzene rings is 2. The fourth-order valence-electron chi connectivity index (χ4n) is 2.91. The summed E-state index contributed by atoms with van der Waals surface area (Å²) in [5.41, 5.74) is 2.35. The average Bonchev–Trinajstić information content (AvgIpc) is 3.09. The van der Waals surface area contributed by atoms with Crippen molar-refractivity contribution in [2.45, 2.75) is 4.90 Å². The molecule has 0 saturated heterocycles. The van der Waals surface area contributed by atoms with Gasteiger partial charge in [-0.15, -0.1) is 0 Å². The Morgan fingerprint density at radius 2 is 1.77 bits per heavy atom. The zero-order valence-corrected chi connectivity index (χ0v) is 14.4. The lowest BCUT2D eigenvalue weighted by atomic mass is 10.0. The zero-order chi connectivity index (χ0) is 18.1. The third-order valence-corrected chi connectivity index (χ3v) is 5.80. The summed E-state index contributed by atoms with van der Waals surface area (Å²) in [6, 6.07) is 21.0. The van der Waals surface area contributed by atoms with Gasteiger partial charge in [-0.05, 0) is 42.0 Å². The monoisotopic (exact) mass is 359 g/mol. The van der Waals surface area contributed by atoms with Crippen LogP contribution in [0.5, 0.6) is 0 Å². The number of rotatable bonds is 3. The number of nitriles is 1. The standard InChI is InChI=1S/C20H13N3O2S/c21-13-15-6-4-7-16(12-15)19-14-23(20-18(19)10-5-11-22-20)26(24,25)17-8-2-1-3-9-17/h1-12,14H. The Kier molecular flexibility index (Phi) is 3.79. The van der Waals surface area contributed by atoms with Crippen LogP contribution in [0.1, 0.15) is 5.56 Å². The van der Waals surface area contributed by atoms with Crippen molar-refractivity contribution in [1.29, 1.82) is 5.26 Å². The molecule has 26 heavy (non-hydrogen) atoms. The molecule has 0 atom stereocenters. The molecule has 0 radical (unpaired) electrons. The molecule has 0 aliphatic heterocycles. The van der Waals surface area contributed by atoms with Crippen LogP contribution in [-0.2, 0) is 10.0 Å². The van der Waals surface area contributed by atoms with Crippen LogP contribution in [0.3, 0.4) is 0 Å². The first kappa shape index (κ1) is 16.1. The normalized spacial score (nSPS) is 11.3. The maximum Gasteiger partial charge on any atom is 0.269 e. The van der Waals surface area contributed by atoms with E-state index in [1.54, 1.807) is 67.0 Å². The zero-order valence-electron chi connectivity index (χ0n) is 13.6. The quantitative estimate of drug-likeness (QED) is 0.557. The van der Waals surface area contributed by atoms with Gasteiger partial charge in [0.15, 0.2) is 5.65 Å². The second-order valence-corrected chi connectivity index (χ2v) is 7.54. The lowest BCUT2D eigenvalue weighted by Crippen LogP contribution is -2.12. The molecule has 0 aliphatic rings. The predicted molar refractivity (Wildman–Crippen MR) is 98.9 cm³/mol. The van der Waals surface area contributed by atoms with Gasteiger partial charge in [-0.3, -0.25) is 0 Å². The van der Waals surface area contributed by atoms with Gasteiger partial charge in [-0.2, -0.15) is 5.26 Å². The molecule has 0 unspecified atom stereocenters. The summed E-state index contributed by atoms with van der Waals surface area (Å²) in [4.78, 5) is 4.47. The first-order chi connectivity index (χ1) is 12.6. The van der Waals surface area contributed by atoms with Crippen LogP contribution in [-0.4, -0.2) is 17.4 Å². The first-order valence-corrected chi connectivity index (χ1v) is 9.32. The Balaban J connectivity index is 2.00. The molecule has 0 aliphatic carbocycles. The van der Waals surface area contributed by atoms with Gasteiger partial charge in [-0.1, -0.05) is 30.3 Å². The number of nitrogens with zero attached hydrogens (tertiary/aromatic N) is 3. The highest BCUT2D eigenvalue weighted by atomic mass is 32.2. The molecule has 6 heteroatoms. The Morgan fingerprint density at radius 1 is 0.962 bits per heavy atom. The van der Waals surface area contributed by atoms with Crippen molar-refractivity contribution in [2.75, 3.05) is 0 Å². The van der Waals surface area contributed by atoms with E-state index in [1.807, 2.05) is 12.1 Å². The topological polar surface area (TPSA) is 75.8 Å². The van der Waals surface area contributed by atoms with Crippen LogP contribution in [0, 0.1) is 11.3 Å². The van der Waals surface area contributed by atoms with E-state index in [-0.39, 0.29) is 4.90 Å². The molecular formula is C20H13N3O2S. The molecule has 0 fully saturated rings. The van der Waals surface area contributed by atoms with Crippen LogP contribution in [0.4, 0.5) is 0 Å². The second kappa shape index (κ2) is 6.14. The fraction of sp³-hybridized carbons (Fsp3) is 0. The fourth-order valence-corrected chi connectivity index (χ4v) is 4.25. The molecule has 0 spiro atoms. The minimum absolute atomic E-state index is 0.194. The Bertz CT molecular complexity index is 1250. The lowest BCUT2D eigenvalue weighted by Gasteiger charge is -2.06. The van der Waals surface area contributed by atoms with E-state index < -0.39 is 10.0 Å². The van der Waals surface area contributed by atoms with Crippen molar-refractivity contribution in [3.05, 3.63) is 84.7 Å². The van der Waals surface area contributed by atoms with Gasteiger partial charge in [0.25, 0.3) is 10.0 Å². The average molecular weight is 359 g/mol. The van der Waals surface area contributed by atoms with Crippen LogP contribution in [0.25, 0.3) is 22.2 Å². The highest BCUT2D eigenvalue weighted by Crippen LogP contribution is 2.32. The van der Waals surface area contributed by atoms with Crippen LogP contribution < -0.4 is 0 Å². The smallest absolute Gasteiger partial charge is 0.237 e. The van der Waals surface area contributed by atoms with Crippen molar-refractivity contribution in [2.24, 2.45) is 0 Å². The van der Waals surface area contributed by atoms with Crippen molar-refractivity contribution in [3.8, 4) is 17.2 Å². The molecule has 2 heterocycles.